The van der Waals surface area contributed by atoms with Gasteiger partial charge in [0.2, 0.25) is 10.0 Å². The first kappa shape index (κ1) is 16.1. The number of hydrogen-bond donors (Lipinski definition) is 2. The van der Waals surface area contributed by atoms with Crippen LogP contribution in [0.5, 0.6) is 0 Å². The summed E-state index contributed by atoms with van der Waals surface area (Å²) >= 11 is 0. The highest BCUT2D eigenvalue weighted by atomic mass is 32.2. The SMILES string of the molecule is CC(C)N(CCCO)S(=O)(=O)c1ccc(CN)cc1. The maximum Gasteiger partial charge on any atom is 0.243 e. The maximum atomic E-state index is 12.5. The summed E-state index contributed by atoms with van der Waals surface area (Å²) in [6, 6.07) is 6.44. The molecule has 108 valence electrons. The van der Waals surface area contributed by atoms with Crippen molar-refractivity contribution in [2.75, 3.05) is 13.2 Å². The van der Waals surface area contributed by atoms with Gasteiger partial charge in [-0.05, 0) is 38.0 Å². The Kier molecular flexibility index (Phi) is 5.93. The largest absolute Gasteiger partial charge is 0.396 e. The average molecular weight is 286 g/mol. The molecule has 19 heavy (non-hydrogen) atoms. The quantitative estimate of drug-likeness (QED) is 0.781. The summed E-state index contributed by atoms with van der Waals surface area (Å²) < 4.78 is 26.4. The lowest BCUT2D eigenvalue weighted by molar-refractivity contribution is 0.258. The van der Waals surface area contributed by atoms with E-state index in [0.29, 0.717) is 19.5 Å². The van der Waals surface area contributed by atoms with Crippen LogP contribution >= 0.6 is 0 Å². The van der Waals surface area contributed by atoms with Crippen molar-refractivity contribution in [3.05, 3.63) is 29.8 Å². The Balaban J connectivity index is 3.04. The van der Waals surface area contributed by atoms with E-state index in [1.807, 2.05) is 13.8 Å². The number of rotatable bonds is 7. The van der Waals surface area contributed by atoms with Crippen molar-refractivity contribution in [3.63, 3.8) is 0 Å². The molecule has 1 aromatic rings. The monoisotopic (exact) mass is 286 g/mol. The highest BCUT2D eigenvalue weighted by Crippen LogP contribution is 2.19. The first-order valence-corrected chi connectivity index (χ1v) is 7.79. The van der Waals surface area contributed by atoms with Crippen molar-refractivity contribution in [1.29, 1.82) is 0 Å². The van der Waals surface area contributed by atoms with Gasteiger partial charge in [0.15, 0.2) is 0 Å². The minimum atomic E-state index is -3.52. The van der Waals surface area contributed by atoms with Gasteiger partial charge in [0, 0.05) is 25.7 Å². The Morgan fingerprint density at radius 1 is 1.26 bits per heavy atom. The smallest absolute Gasteiger partial charge is 0.243 e. The molecule has 0 spiro atoms. The van der Waals surface area contributed by atoms with Gasteiger partial charge in [0.1, 0.15) is 0 Å². The number of nitrogens with two attached hydrogens (primary N) is 1. The maximum absolute atomic E-state index is 12.5. The molecule has 1 rings (SSSR count). The van der Waals surface area contributed by atoms with Crippen LogP contribution in [-0.2, 0) is 16.6 Å². The van der Waals surface area contributed by atoms with Gasteiger partial charge in [0.05, 0.1) is 4.90 Å². The summed E-state index contributed by atoms with van der Waals surface area (Å²) in [6.07, 6.45) is 0.429. The summed E-state index contributed by atoms with van der Waals surface area (Å²) in [5.74, 6) is 0. The van der Waals surface area contributed by atoms with Crippen molar-refractivity contribution in [2.24, 2.45) is 5.73 Å². The van der Waals surface area contributed by atoms with Crippen LogP contribution in [0.2, 0.25) is 0 Å². The zero-order valence-electron chi connectivity index (χ0n) is 11.4. The van der Waals surface area contributed by atoms with Crippen molar-refractivity contribution < 1.29 is 13.5 Å². The Morgan fingerprint density at radius 2 is 1.84 bits per heavy atom. The summed E-state index contributed by atoms with van der Waals surface area (Å²) in [5.41, 5.74) is 6.39. The van der Waals surface area contributed by atoms with Gasteiger partial charge in [-0.15, -0.1) is 0 Å². The van der Waals surface area contributed by atoms with Crippen molar-refractivity contribution in [3.8, 4) is 0 Å². The molecule has 0 fully saturated rings. The van der Waals surface area contributed by atoms with E-state index in [0.717, 1.165) is 5.56 Å². The van der Waals surface area contributed by atoms with Crippen molar-refractivity contribution in [1.82, 2.24) is 4.31 Å². The molecule has 0 bridgehead atoms. The van der Waals surface area contributed by atoms with Gasteiger partial charge < -0.3 is 10.8 Å². The number of nitrogens with zero attached hydrogens (tertiary/aromatic N) is 1. The van der Waals surface area contributed by atoms with E-state index in [9.17, 15) is 8.42 Å². The second-order valence-electron chi connectivity index (χ2n) is 4.63. The molecule has 1 aromatic carbocycles. The zero-order valence-corrected chi connectivity index (χ0v) is 12.2. The number of hydrogen-bond acceptors (Lipinski definition) is 4. The number of aliphatic hydroxyl groups is 1. The second kappa shape index (κ2) is 7.00. The van der Waals surface area contributed by atoms with Gasteiger partial charge in [0.25, 0.3) is 0 Å². The summed E-state index contributed by atoms with van der Waals surface area (Å²) in [7, 11) is -3.52. The fourth-order valence-corrected chi connectivity index (χ4v) is 3.49. The summed E-state index contributed by atoms with van der Waals surface area (Å²) in [4.78, 5) is 0.260. The number of sulfonamides is 1. The normalized spacial score (nSPS) is 12.3. The molecule has 0 aliphatic carbocycles. The molecule has 0 saturated heterocycles. The summed E-state index contributed by atoms with van der Waals surface area (Å²) in [5, 5.41) is 8.87. The van der Waals surface area contributed by atoms with Gasteiger partial charge in [-0.25, -0.2) is 8.42 Å². The van der Waals surface area contributed by atoms with E-state index in [1.165, 1.54) is 4.31 Å². The second-order valence-corrected chi connectivity index (χ2v) is 6.53. The van der Waals surface area contributed by atoms with Crippen molar-refractivity contribution >= 4 is 10.0 Å². The third-order valence-electron chi connectivity index (χ3n) is 2.88. The molecule has 3 N–H and O–H groups in total. The van der Waals surface area contributed by atoms with Crippen LogP contribution in [0.1, 0.15) is 25.8 Å². The lowest BCUT2D eigenvalue weighted by atomic mass is 10.2. The molecule has 0 atom stereocenters. The third-order valence-corrected chi connectivity index (χ3v) is 4.97. The molecule has 0 aliphatic heterocycles. The van der Waals surface area contributed by atoms with Crippen molar-refractivity contribution in [2.45, 2.75) is 37.8 Å². The third kappa shape index (κ3) is 4.01. The first-order chi connectivity index (χ1) is 8.93. The lowest BCUT2D eigenvalue weighted by Gasteiger charge is -2.25. The molecule has 0 aliphatic rings. The fraction of sp³-hybridized carbons (Fsp3) is 0.538. The number of benzene rings is 1. The molecule has 6 heteroatoms. The van der Waals surface area contributed by atoms with Crippen LogP contribution in [0, 0.1) is 0 Å². The van der Waals surface area contributed by atoms with E-state index in [-0.39, 0.29) is 17.5 Å². The van der Waals surface area contributed by atoms with Gasteiger partial charge in [-0.2, -0.15) is 4.31 Å². The molecule has 0 amide bonds. The predicted molar refractivity (Wildman–Crippen MR) is 75.1 cm³/mol. The standard InChI is InChI=1S/C13H22N2O3S/c1-11(2)15(8-3-9-16)19(17,18)13-6-4-12(10-14)5-7-13/h4-7,11,16H,3,8-10,14H2,1-2H3. The molecule has 0 saturated carbocycles. The van der Waals surface area contributed by atoms with E-state index in [4.69, 9.17) is 10.8 Å². The van der Waals surface area contributed by atoms with Gasteiger partial charge in [-0.1, -0.05) is 12.1 Å². The molecule has 0 unspecified atom stereocenters. The average Bonchev–Trinajstić information content (AvgIpc) is 2.38. The van der Waals surface area contributed by atoms with Crippen LogP contribution in [0.4, 0.5) is 0 Å². The Labute approximate surface area is 115 Å². The van der Waals surface area contributed by atoms with Gasteiger partial charge >= 0.3 is 0 Å². The van der Waals surface area contributed by atoms with E-state index in [1.54, 1.807) is 24.3 Å². The molecular formula is C13H22N2O3S. The molecule has 0 radical (unpaired) electrons. The molecular weight excluding hydrogens is 264 g/mol. The van der Waals surface area contributed by atoms with Crippen LogP contribution < -0.4 is 5.73 Å². The lowest BCUT2D eigenvalue weighted by Crippen LogP contribution is -2.38. The van der Waals surface area contributed by atoms with Crippen LogP contribution in [-0.4, -0.2) is 37.0 Å². The Morgan fingerprint density at radius 3 is 2.26 bits per heavy atom. The highest BCUT2D eigenvalue weighted by molar-refractivity contribution is 7.89. The Bertz CT molecular complexity index is 483. The minimum Gasteiger partial charge on any atom is -0.396 e. The highest BCUT2D eigenvalue weighted by Gasteiger charge is 2.26. The molecule has 0 heterocycles. The van der Waals surface area contributed by atoms with E-state index in [2.05, 4.69) is 0 Å². The zero-order chi connectivity index (χ0) is 14.5. The van der Waals surface area contributed by atoms with Crippen LogP contribution in [0.3, 0.4) is 0 Å². The summed E-state index contributed by atoms with van der Waals surface area (Å²) in [6.45, 7) is 4.32. The topological polar surface area (TPSA) is 83.6 Å². The fourth-order valence-electron chi connectivity index (χ4n) is 1.82. The number of aliphatic hydroxyl groups excluding tert-OH is 1. The van der Waals surface area contributed by atoms with Gasteiger partial charge in [-0.3, -0.25) is 0 Å². The van der Waals surface area contributed by atoms with E-state index < -0.39 is 10.0 Å². The van der Waals surface area contributed by atoms with E-state index >= 15 is 0 Å². The minimum absolute atomic E-state index is 0.0230. The van der Waals surface area contributed by atoms with Crippen LogP contribution in [0.15, 0.2) is 29.2 Å². The van der Waals surface area contributed by atoms with Crippen LogP contribution in [0.25, 0.3) is 0 Å². The molecule has 5 nitrogen and oxygen atoms in total. The first-order valence-electron chi connectivity index (χ1n) is 6.35. The predicted octanol–water partition coefficient (Wildman–Crippen LogP) is 0.927. The Hall–Kier alpha value is -0.950. The molecule has 0 aromatic heterocycles.